The van der Waals surface area contributed by atoms with Crippen LogP contribution in [0.2, 0.25) is 0 Å². The Kier molecular flexibility index (Phi) is 7.91. The van der Waals surface area contributed by atoms with Gasteiger partial charge in [0.15, 0.2) is 11.0 Å². The number of rotatable bonds is 8. The van der Waals surface area contributed by atoms with E-state index in [-0.39, 0.29) is 17.1 Å². The predicted octanol–water partition coefficient (Wildman–Crippen LogP) is 5.93. The van der Waals surface area contributed by atoms with Gasteiger partial charge in [-0.1, -0.05) is 62.9 Å². The lowest BCUT2D eigenvalue weighted by atomic mass is 9.87. The molecule has 0 bridgehead atoms. The summed E-state index contributed by atoms with van der Waals surface area (Å²) in [5.74, 6) is 1.40. The van der Waals surface area contributed by atoms with E-state index in [2.05, 4.69) is 65.8 Å². The Balaban J connectivity index is 1.58. The standard InChI is InChI=1S/C27H29N5O2S2/c1-18(23-7-6-16-35-23)28-29-24(33)17-36-26-31-30-25(19-8-10-20(11-9-19)27(2,3)4)32(26)21-12-14-22(34-5)15-13-21/h6-16H,17H2,1-5H3,(H,29,33)/b28-18-. The minimum atomic E-state index is -0.212. The van der Waals surface area contributed by atoms with Gasteiger partial charge >= 0.3 is 0 Å². The molecule has 2 aromatic carbocycles. The number of hydrogen-bond acceptors (Lipinski definition) is 7. The Labute approximate surface area is 219 Å². The van der Waals surface area contributed by atoms with E-state index in [4.69, 9.17) is 4.74 Å². The molecule has 0 unspecified atom stereocenters. The molecule has 0 saturated carbocycles. The third kappa shape index (κ3) is 6.03. The van der Waals surface area contributed by atoms with Crippen molar-refractivity contribution in [2.75, 3.05) is 12.9 Å². The van der Waals surface area contributed by atoms with Crippen LogP contribution >= 0.6 is 23.1 Å². The van der Waals surface area contributed by atoms with Crippen LogP contribution in [0, 0.1) is 0 Å². The maximum absolute atomic E-state index is 12.5. The number of thiophene rings is 1. The second-order valence-corrected chi connectivity index (χ2v) is 11.1. The molecular weight excluding hydrogens is 490 g/mol. The largest absolute Gasteiger partial charge is 0.497 e. The van der Waals surface area contributed by atoms with Crippen molar-refractivity contribution in [3.63, 3.8) is 0 Å². The summed E-state index contributed by atoms with van der Waals surface area (Å²) in [5.41, 5.74) is 6.53. The smallest absolute Gasteiger partial charge is 0.250 e. The highest BCUT2D eigenvalue weighted by Gasteiger charge is 2.19. The van der Waals surface area contributed by atoms with Crippen molar-refractivity contribution >= 4 is 34.7 Å². The number of carbonyl (C=O) groups excluding carboxylic acids is 1. The molecule has 0 aliphatic heterocycles. The molecule has 7 nitrogen and oxygen atoms in total. The van der Waals surface area contributed by atoms with Crippen LogP contribution in [0.1, 0.15) is 38.1 Å². The molecule has 36 heavy (non-hydrogen) atoms. The molecule has 4 rings (SSSR count). The Hall–Kier alpha value is -3.43. The van der Waals surface area contributed by atoms with Gasteiger partial charge in [0.1, 0.15) is 5.75 Å². The number of hydrazone groups is 1. The van der Waals surface area contributed by atoms with E-state index >= 15 is 0 Å². The van der Waals surface area contributed by atoms with E-state index in [1.807, 2.05) is 53.3 Å². The summed E-state index contributed by atoms with van der Waals surface area (Å²) < 4.78 is 7.28. The lowest BCUT2D eigenvalue weighted by molar-refractivity contribution is -0.118. The molecule has 9 heteroatoms. The fraction of sp³-hybridized carbons (Fsp3) is 0.259. The summed E-state index contributed by atoms with van der Waals surface area (Å²) in [6.07, 6.45) is 0. The van der Waals surface area contributed by atoms with E-state index in [0.717, 1.165) is 27.6 Å². The zero-order chi connectivity index (χ0) is 25.7. The number of nitrogens with one attached hydrogen (secondary N) is 1. The van der Waals surface area contributed by atoms with E-state index in [0.29, 0.717) is 11.0 Å². The average molecular weight is 520 g/mol. The van der Waals surface area contributed by atoms with Gasteiger partial charge in [0.2, 0.25) is 0 Å². The number of aromatic nitrogens is 3. The lowest BCUT2D eigenvalue weighted by Gasteiger charge is -2.19. The molecule has 0 saturated heterocycles. The van der Waals surface area contributed by atoms with Crippen LogP contribution in [-0.2, 0) is 10.2 Å². The summed E-state index contributed by atoms with van der Waals surface area (Å²) in [6, 6.07) is 20.0. The molecule has 0 aliphatic carbocycles. The molecule has 0 radical (unpaired) electrons. The first-order valence-corrected chi connectivity index (χ1v) is 13.3. The number of thioether (sulfide) groups is 1. The quantitative estimate of drug-likeness (QED) is 0.177. The fourth-order valence-electron chi connectivity index (χ4n) is 3.48. The summed E-state index contributed by atoms with van der Waals surface area (Å²) in [7, 11) is 1.64. The Morgan fingerprint density at radius 2 is 1.81 bits per heavy atom. The highest BCUT2D eigenvalue weighted by Crippen LogP contribution is 2.30. The molecule has 0 atom stereocenters. The monoisotopic (exact) mass is 519 g/mol. The zero-order valence-corrected chi connectivity index (χ0v) is 22.6. The van der Waals surface area contributed by atoms with Crippen molar-refractivity contribution in [3.8, 4) is 22.8 Å². The number of hydrogen-bond donors (Lipinski definition) is 1. The lowest BCUT2D eigenvalue weighted by Crippen LogP contribution is -2.21. The average Bonchev–Trinajstić information content (AvgIpc) is 3.56. The minimum absolute atomic E-state index is 0.0564. The maximum Gasteiger partial charge on any atom is 0.250 e. The van der Waals surface area contributed by atoms with Gasteiger partial charge in [-0.2, -0.15) is 5.10 Å². The molecule has 186 valence electrons. The van der Waals surface area contributed by atoms with Gasteiger partial charge in [-0.15, -0.1) is 21.5 Å². The Bertz CT molecular complexity index is 1340. The normalized spacial score (nSPS) is 12.0. The van der Waals surface area contributed by atoms with Crippen LogP contribution in [0.3, 0.4) is 0 Å². The Morgan fingerprint density at radius 1 is 1.08 bits per heavy atom. The third-order valence-corrected chi connectivity index (χ3v) is 7.44. The maximum atomic E-state index is 12.5. The molecule has 4 aromatic rings. The van der Waals surface area contributed by atoms with Gasteiger partial charge in [0.05, 0.1) is 18.6 Å². The summed E-state index contributed by atoms with van der Waals surface area (Å²) in [6.45, 7) is 8.44. The van der Waals surface area contributed by atoms with Gasteiger partial charge < -0.3 is 4.74 Å². The Morgan fingerprint density at radius 3 is 2.42 bits per heavy atom. The molecule has 2 aromatic heterocycles. The van der Waals surface area contributed by atoms with E-state index in [1.54, 1.807) is 18.4 Å². The van der Waals surface area contributed by atoms with Gasteiger partial charge in [0, 0.05) is 16.1 Å². The van der Waals surface area contributed by atoms with E-state index in [9.17, 15) is 4.79 Å². The number of benzene rings is 2. The van der Waals surface area contributed by atoms with Crippen LogP contribution in [-0.4, -0.2) is 39.2 Å². The molecule has 1 N–H and O–H groups in total. The highest BCUT2D eigenvalue weighted by atomic mass is 32.2. The molecule has 0 aliphatic rings. The first kappa shape index (κ1) is 25.7. The fourth-order valence-corrected chi connectivity index (χ4v) is 4.90. The van der Waals surface area contributed by atoms with Gasteiger partial charge in [-0.25, -0.2) is 5.43 Å². The van der Waals surface area contributed by atoms with Crippen LogP contribution in [0.15, 0.2) is 76.3 Å². The molecule has 2 heterocycles. The second-order valence-electron chi connectivity index (χ2n) is 9.17. The molecule has 0 fully saturated rings. The number of amides is 1. The SMILES string of the molecule is COc1ccc(-n2c(SCC(=O)N/N=C(/C)c3cccs3)nnc2-c2ccc(C(C)(C)C)cc2)cc1. The van der Waals surface area contributed by atoms with Gasteiger partial charge in [-0.05, 0) is 53.6 Å². The van der Waals surface area contributed by atoms with Crippen LogP contribution in [0.5, 0.6) is 5.75 Å². The topological polar surface area (TPSA) is 81.4 Å². The second kappa shape index (κ2) is 11.1. The van der Waals surface area contributed by atoms with E-state index < -0.39 is 0 Å². The minimum Gasteiger partial charge on any atom is -0.497 e. The zero-order valence-electron chi connectivity index (χ0n) is 21.0. The van der Waals surface area contributed by atoms with Crippen molar-refractivity contribution in [2.24, 2.45) is 5.10 Å². The third-order valence-electron chi connectivity index (χ3n) is 5.53. The highest BCUT2D eigenvalue weighted by molar-refractivity contribution is 7.99. The van der Waals surface area contributed by atoms with Crippen molar-refractivity contribution in [1.82, 2.24) is 20.2 Å². The number of nitrogens with zero attached hydrogens (tertiary/aromatic N) is 4. The first-order valence-electron chi connectivity index (χ1n) is 11.5. The first-order chi connectivity index (χ1) is 17.3. The van der Waals surface area contributed by atoms with Crippen molar-refractivity contribution < 1.29 is 9.53 Å². The number of carbonyl (C=O) groups is 1. The van der Waals surface area contributed by atoms with E-state index in [1.165, 1.54) is 17.3 Å². The van der Waals surface area contributed by atoms with Crippen LogP contribution < -0.4 is 10.2 Å². The summed E-state index contributed by atoms with van der Waals surface area (Å²) >= 11 is 2.89. The predicted molar refractivity (Wildman–Crippen MR) is 147 cm³/mol. The van der Waals surface area contributed by atoms with Crippen molar-refractivity contribution in [2.45, 2.75) is 38.3 Å². The van der Waals surface area contributed by atoms with Gasteiger partial charge in [-0.3, -0.25) is 9.36 Å². The molecule has 1 amide bonds. The summed E-state index contributed by atoms with van der Waals surface area (Å²) in [5, 5.41) is 15.7. The van der Waals surface area contributed by atoms with Crippen molar-refractivity contribution in [3.05, 3.63) is 76.5 Å². The molecule has 0 spiro atoms. The number of ether oxygens (including phenoxy) is 1. The van der Waals surface area contributed by atoms with Gasteiger partial charge in [0.25, 0.3) is 5.91 Å². The number of methoxy groups -OCH3 is 1. The molecular formula is C27H29N5O2S2. The summed E-state index contributed by atoms with van der Waals surface area (Å²) in [4.78, 5) is 13.5. The van der Waals surface area contributed by atoms with Crippen LogP contribution in [0.25, 0.3) is 17.1 Å². The van der Waals surface area contributed by atoms with Crippen LogP contribution in [0.4, 0.5) is 0 Å². The van der Waals surface area contributed by atoms with Crippen molar-refractivity contribution in [1.29, 1.82) is 0 Å².